The predicted molar refractivity (Wildman–Crippen MR) is 111 cm³/mol. The van der Waals surface area contributed by atoms with Crippen LogP contribution in [0.15, 0.2) is 42.5 Å². The van der Waals surface area contributed by atoms with Gasteiger partial charge in [0.2, 0.25) is 0 Å². The van der Waals surface area contributed by atoms with Gasteiger partial charge < -0.3 is 4.52 Å². The van der Waals surface area contributed by atoms with Gasteiger partial charge >= 0.3 is 7.60 Å². The van der Waals surface area contributed by atoms with Crippen LogP contribution < -0.4 is 4.52 Å². The lowest BCUT2D eigenvalue weighted by Gasteiger charge is -2.20. The molecule has 0 spiro atoms. The van der Waals surface area contributed by atoms with Crippen LogP contribution >= 0.6 is 7.60 Å². The number of fused-ring (bicyclic) bond motifs is 1. The van der Waals surface area contributed by atoms with Crippen molar-refractivity contribution in [1.29, 1.82) is 0 Å². The SMILES string of the molecule is CCCCCCCCOP(=O)(CCCC)Oc1cccc2ccccc12. The lowest BCUT2D eigenvalue weighted by molar-refractivity contribution is 0.257. The van der Waals surface area contributed by atoms with E-state index in [-0.39, 0.29) is 0 Å². The van der Waals surface area contributed by atoms with Crippen molar-refractivity contribution >= 4 is 18.4 Å². The molecule has 0 saturated heterocycles. The van der Waals surface area contributed by atoms with Gasteiger partial charge in [-0.25, -0.2) is 4.57 Å². The van der Waals surface area contributed by atoms with Crippen molar-refractivity contribution in [3.8, 4) is 5.75 Å². The molecular formula is C22H33O3P. The summed E-state index contributed by atoms with van der Waals surface area (Å²) in [5.41, 5.74) is 0. The second-order valence-electron chi connectivity index (χ2n) is 6.86. The fraction of sp³-hybridized carbons (Fsp3) is 0.545. The van der Waals surface area contributed by atoms with Crippen molar-refractivity contribution < 1.29 is 13.6 Å². The maximum Gasteiger partial charge on any atom is 0.379 e. The summed E-state index contributed by atoms with van der Waals surface area (Å²) in [6.45, 7) is 4.82. The monoisotopic (exact) mass is 376 g/mol. The molecule has 0 N–H and O–H groups in total. The number of rotatable bonds is 13. The molecule has 0 aliphatic heterocycles. The van der Waals surface area contributed by atoms with Crippen molar-refractivity contribution in [2.45, 2.75) is 65.2 Å². The summed E-state index contributed by atoms with van der Waals surface area (Å²) in [5.74, 6) is 0.658. The van der Waals surface area contributed by atoms with Crippen molar-refractivity contribution in [3.05, 3.63) is 42.5 Å². The Labute approximate surface area is 158 Å². The van der Waals surface area contributed by atoms with Crippen LogP contribution in [0, 0.1) is 0 Å². The molecule has 3 nitrogen and oxygen atoms in total. The molecule has 2 rings (SSSR count). The third kappa shape index (κ3) is 6.78. The van der Waals surface area contributed by atoms with Gasteiger partial charge in [-0.05, 0) is 24.3 Å². The maximum atomic E-state index is 13.3. The van der Waals surface area contributed by atoms with Gasteiger partial charge in [0.1, 0.15) is 5.75 Å². The molecule has 1 unspecified atom stereocenters. The Morgan fingerprint density at radius 2 is 1.50 bits per heavy atom. The molecule has 2 aromatic rings. The number of unbranched alkanes of at least 4 members (excludes halogenated alkanes) is 6. The first-order valence-corrected chi connectivity index (χ1v) is 11.8. The van der Waals surface area contributed by atoms with E-state index < -0.39 is 7.60 Å². The van der Waals surface area contributed by atoms with Crippen LogP contribution in [0.5, 0.6) is 5.75 Å². The van der Waals surface area contributed by atoms with E-state index in [1.54, 1.807) is 0 Å². The van der Waals surface area contributed by atoms with Crippen LogP contribution in [-0.4, -0.2) is 12.8 Å². The van der Waals surface area contributed by atoms with Crippen LogP contribution in [0.25, 0.3) is 10.8 Å². The zero-order valence-electron chi connectivity index (χ0n) is 16.3. The molecule has 26 heavy (non-hydrogen) atoms. The topological polar surface area (TPSA) is 35.5 Å². The lowest BCUT2D eigenvalue weighted by atomic mass is 10.1. The van der Waals surface area contributed by atoms with Crippen LogP contribution in [0.4, 0.5) is 0 Å². The fourth-order valence-corrected chi connectivity index (χ4v) is 4.84. The van der Waals surface area contributed by atoms with Crippen LogP contribution in [0.1, 0.15) is 65.2 Å². The van der Waals surface area contributed by atoms with Gasteiger partial charge in [0.15, 0.2) is 0 Å². The lowest BCUT2D eigenvalue weighted by Crippen LogP contribution is -2.04. The molecule has 0 fully saturated rings. The molecular weight excluding hydrogens is 343 g/mol. The van der Waals surface area contributed by atoms with Crippen LogP contribution in [0.2, 0.25) is 0 Å². The largest absolute Gasteiger partial charge is 0.424 e. The van der Waals surface area contributed by atoms with Gasteiger partial charge in [-0.1, -0.05) is 88.8 Å². The minimum Gasteiger partial charge on any atom is -0.424 e. The van der Waals surface area contributed by atoms with Gasteiger partial charge in [0, 0.05) is 5.39 Å². The van der Waals surface area contributed by atoms with Gasteiger partial charge in [0.05, 0.1) is 12.8 Å². The van der Waals surface area contributed by atoms with Crippen LogP contribution in [-0.2, 0) is 9.09 Å². The van der Waals surface area contributed by atoms with E-state index in [4.69, 9.17) is 9.05 Å². The van der Waals surface area contributed by atoms with Crippen molar-refractivity contribution in [2.24, 2.45) is 0 Å². The molecule has 0 radical (unpaired) electrons. The third-order valence-electron chi connectivity index (χ3n) is 4.56. The van der Waals surface area contributed by atoms with Gasteiger partial charge in [-0.3, -0.25) is 4.52 Å². The summed E-state index contributed by atoms with van der Waals surface area (Å²) < 4.78 is 25.1. The average Bonchev–Trinajstić information content (AvgIpc) is 2.66. The first-order valence-electron chi connectivity index (χ1n) is 10.1. The molecule has 0 saturated carbocycles. The molecule has 4 heteroatoms. The Balaban J connectivity index is 1.97. The molecule has 0 aliphatic carbocycles. The van der Waals surface area contributed by atoms with E-state index in [1.807, 2.05) is 42.5 Å². The normalized spacial score (nSPS) is 13.6. The first kappa shape index (κ1) is 21.0. The zero-order valence-corrected chi connectivity index (χ0v) is 17.2. The average molecular weight is 376 g/mol. The Kier molecular flexibility index (Phi) is 9.22. The second kappa shape index (κ2) is 11.4. The minimum absolute atomic E-state index is 0.475. The standard InChI is InChI=1S/C22H33O3P/c1-3-5-7-8-9-12-18-24-26(23,19-6-4-2)25-22-17-13-15-20-14-10-11-16-21(20)22/h10-11,13-17H,3-9,12,18-19H2,1-2H3. The van der Waals surface area contributed by atoms with Gasteiger partial charge in [-0.2, -0.15) is 0 Å². The highest BCUT2D eigenvalue weighted by molar-refractivity contribution is 7.54. The van der Waals surface area contributed by atoms with E-state index in [0.717, 1.165) is 36.5 Å². The van der Waals surface area contributed by atoms with Gasteiger partial charge in [0.25, 0.3) is 0 Å². The zero-order chi connectivity index (χ0) is 18.7. The highest BCUT2D eigenvalue weighted by atomic mass is 31.2. The molecule has 0 aromatic heterocycles. The summed E-state index contributed by atoms with van der Waals surface area (Å²) >= 11 is 0. The van der Waals surface area contributed by atoms with E-state index in [0.29, 0.717) is 18.5 Å². The summed E-state index contributed by atoms with van der Waals surface area (Å²) in [6, 6.07) is 13.9. The van der Waals surface area contributed by atoms with E-state index in [2.05, 4.69) is 13.8 Å². The van der Waals surface area contributed by atoms with Gasteiger partial charge in [-0.15, -0.1) is 0 Å². The van der Waals surface area contributed by atoms with Crippen molar-refractivity contribution in [3.63, 3.8) is 0 Å². The van der Waals surface area contributed by atoms with E-state index in [1.165, 1.54) is 25.7 Å². The maximum absolute atomic E-state index is 13.3. The predicted octanol–water partition coefficient (Wildman–Crippen LogP) is 7.59. The Morgan fingerprint density at radius 3 is 2.31 bits per heavy atom. The summed E-state index contributed by atoms with van der Waals surface area (Å²) in [7, 11) is -3.12. The first-order chi connectivity index (χ1) is 12.7. The number of hydrogen-bond acceptors (Lipinski definition) is 3. The molecule has 0 aliphatic rings. The molecule has 0 amide bonds. The fourth-order valence-electron chi connectivity index (χ4n) is 3.00. The second-order valence-corrected chi connectivity index (χ2v) is 8.97. The number of benzene rings is 2. The Hall–Kier alpha value is -1.31. The molecule has 144 valence electrons. The smallest absolute Gasteiger partial charge is 0.379 e. The molecule has 0 bridgehead atoms. The molecule has 1 atom stereocenters. The highest BCUT2D eigenvalue weighted by Crippen LogP contribution is 2.50. The summed E-state index contributed by atoms with van der Waals surface area (Å²) in [4.78, 5) is 0. The third-order valence-corrected chi connectivity index (χ3v) is 6.47. The quantitative estimate of drug-likeness (QED) is 0.267. The highest BCUT2D eigenvalue weighted by Gasteiger charge is 2.26. The van der Waals surface area contributed by atoms with Crippen molar-refractivity contribution in [1.82, 2.24) is 0 Å². The molecule has 0 heterocycles. The van der Waals surface area contributed by atoms with Crippen LogP contribution in [0.3, 0.4) is 0 Å². The minimum atomic E-state index is -3.12. The Morgan fingerprint density at radius 1 is 0.808 bits per heavy atom. The van der Waals surface area contributed by atoms with Crippen molar-refractivity contribution in [2.75, 3.05) is 12.8 Å². The number of hydrogen-bond donors (Lipinski definition) is 0. The van der Waals surface area contributed by atoms with E-state index in [9.17, 15) is 4.57 Å². The van der Waals surface area contributed by atoms with E-state index >= 15 is 0 Å². The summed E-state index contributed by atoms with van der Waals surface area (Å²) in [5, 5.41) is 2.07. The molecule has 2 aromatic carbocycles. The Bertz CT molecular complexity index is 693. The summed E-state index contributed by atoms with van der Waals surface area (Å²) in [6.07, 6.45) is 9.41.